The fourth-order valence-corrected chi connectivity index (χ4v) is 1.85. The normalized spacial score (nSPS) is 10.2. The summed E-state index contributed by atoms with van der Waals surface area (Å²) in [5.41, 5.74) is 0.454. The third-order valence-electron chi connectivity index (χ3n) is 2.85. The Morgan fingerprint density at radius 3 is 1.89 bits per heavy atom. The van der Waals surface area contributed by atoms with Crippen LogP contribution in [0.5, 0.6) is 0 Å². The number of esters is 1. The highest BCUT2D eigenvalue weighted by atomic mass is 35.5. The van der Waals surface area contributed by atoms with Crippen LogP contribution in [0.15, 0.2) is 12.2 Å². The first kappa shape index (κ1) is 18.2. The summed E-state index contributed by atoms with van der Waals surface area (Å²) in [4.78, 5) is 21.6. The molecular formula is C15H25ClO3. The van der Waals surface area contributed by atoms with Crippen molar-refractivity contribution in [3.8, 4) is 0 Å². The molecule has 0 fully saturated rings. The fourth-order valence-electron chi connectivity index (χ4n) is 1.71. The number of carbonyl (C=O) groups excluding carboxylic acids is 2. The molecule has 0 unspecified atom stereocenters. The lowest BCUT2D eigenvalue weighted by Gasteiger charge is -2.04. The van der Waals surface area contributed by atoms with Crippen molar-refractivity contribution in [1.82, 2.24) is 0 Å². The highest BCUT2D eigenvalue weighted by molar-refractivity contribution is 6.63. The number of ether oxygens (including phenoxy) is 1. The summed E-state index contributed by atoms with van der Waals surface area (Å²) in [6.07, 6.45) is 9.20. The molecule has 0 aliphatic rings. The minimum absolute atomic E-state index is 0.232. The highest BCUT2D eigenvalue weighted by Crippen LogP contribution is 2.10. The molecule has 19 heavy (non-hydrogen) atoms. The van der Waals surface area contributed by atoms with E-state index in [0.717, 1.165) is 32.1 Å². The lowest BCUT2D eigenvalue weighted by molar-refractivity contribution is -0.139. The van der Waals surface area contributed by atoms with E-state index in [-0.39, 0.29) is 11.2 Å². The average molecular weight is 289 g/mol. The first-order valence-corrected chi connectivity index (χ1v) is 7.43. The molecule has 0 atom stereocenters. The van der Waals surface area contributed by atoms with Crippen molar-refractivity contribution in [2.45, 2.75) is 64.7 Å². The van der Waals surface area contributed by atoms with Crippen LogP contribution in [-0.2, 0) is 14.3 Å². The molecule has 4 heteroatoms. The Balaban J connectivity index is 3.13. The summed E-state index contributed by atoms with van der Waals surface area (Å²) in [5, 5.41) is -0.232. The van der Waals surface area contributed by atoms with E-state index in [2.05, 4.69) is 6.58 Å². The number of carbonyl (C=O) groups is 2. The van der Waals surface area contributed by atoms with Gasteiger partial charge in [-0.2, -0.15) is 0 Å². The van der Waals surface area contributed by atoms with Gasteiger partial charge in [-0.15, -0.1) is 0 Å². The van der Waals surface area contributed by atoms with Crippen molar-refractivity contribution in [3.05, 3.63) is 12.2 Å². The Morgan fingerprint density at radius 1 is 0.947 bits per heavy atom. The first-order valence-electron chi connectivity index (χ1n) is 7.05. The fraction of sp³-hybridized carbons (Fsp3) is 0.733. The second-order valence-electron chi connectivity index (χ2n) is 4.85. The summed E-state index contributed by atoms with van der Waals surface area (Å²) in [6, 6.07) is 0. The van der Waals surface area contributed by atoms with Gasteiger partial charge in [0.15, 0.2) is 0 Å². The van der Waals surface area contributed by atoms with E-state index in [1.54, 1.807) is 6.92 Å². The Kier molecular flexibility index (Phi) is 11.7. The van der Waals surface area contributed by atoms with Gasteiger partial charge in [-0.3, -0.25) is 4.79 Å². The van der Waals surface area contributed by atoms with Crippen LogP contribution >= 0.6 is 11.6 Å². The maximum Gasteiger partial charge on any atom is 0.333 e. The third kappa shape index (κ3) is 13.4. The summed E-state index contributed by atoms with van der Waals surface area (Å²) in [6.45, 7) is 5.67. The average Bonchev–Trinajstić information content (AvgIpc) is 2.35. The molecule has 0 saturated heterocycles. The minimum Gasteiger partial charge on any atom is -0.462 e. The van der Waals surface area contributed by atoms with Gasteiger partial charge in [0.05, 0.1) is 6.61 Å². The van der Waals surface area contributed by atoms with Gasteiger partial charge in [0.1, 0.15) is 0 Å². The van der Waals surface area contributed by atoms with Crippen LogP contribution in [0.25, 0.3) is 0 Å². The molecule has 110 valence electrons. The van der Waals surface area contributed by atoms with Crippen LogP contribution in [-0.4, -0.2) is 17.8 Å². The maximum atomic E-state index is 11.1. The molecule has 0 aromatic rings. The molecule has 0 saturated carbocycles. The molecular weight excluding hydrogens is 264 g/mol. The number of rotatable bonds is 12. The summed E-state index contributed by atoms with van der Waals surface area (Å²) in [5.74, 6) is -0.297. The molecule has 0 aromatic heterocycles. The van der Waals surface area contributed by atoms with Gasteiger partial charge in [-0.05, 0) is 31.4 Å². The number of hydrogen-bond acceptors (Lipinski definition) is 3. The molecule has 0 N–H and O–H groups in total. The highest BCUT2D eigenvalue weighted by Gasteiger charge is 2.01. The SMILES string of the molecule is C=C(C)C(=O)OCCCCCCCCCCC(=O)Cl. The zero-order valence-electron chi connectivity index (χ0n) is 11.9. The van der Waals surface area contributed by atoms with E-state index >= 15 is 0 Å². The van der Waals surface area contributed by atoms with Gasteiger partial charge in [0.25, 0.3) is 0 Å². The monoisotopic (exact) mass is 288 g/mol. The van der Waals surface area contributed by atoms with Gasteiger partial charge >= 0.3 is 5.97 Å². The number of hydrogen-bond donors (Lipinski definition) is 0. The van der Waals surface area contributed by atoms with Crippen LogP contribution in [0.4, 0.5) is 0 Å². The zero-order chi connectivity index (χ0) is 14.5. The van der Waals surface area contributed by atoms with Crippen LogP contribution in [0, 0.1) is 0 Å². The molecule has 0 aliphatic heterocycles. The van der Waals surface area contributed by atoms with Gasteiger partial charge < -0.3 is 4.74 Å². The number of unbranched alkanes of at least 4 members (excludes halogenated alkanes) is 7. The van der Waals surface area contributed by atoms with E-state index in [4.69, 9.17) is 16.3 Å². The molecule has 0 bridgehead atoms. The molecule has 0 spiro atoms. The molecule has 0 rings (SSSR count). The van der Waals surface area contributed by atoms with E-state index in [1.807, 2.05) is 0 Å². The summed E-state index contributed by atoms with van der Waals surface area (Å²) in [7, 11) is 0. The molecule has 0 radical (unpaired) electrons. The van der Waals surface area contributed by atoms with Crippen LogP contribution < -0.4 is 0 Å². The van der Waals surface area contributed by atoms with Crippen molar-refractivity contribution >= 4 is 22.8 Å². The van der Waals surface area contributed by atoms with Crippen molar-refractivity contribution in [3.63, 3.8) is 0 Å². The van der Waals surface area contributed by atoms with Crippen LogP contribution in [0.1, 0.15) is 64.7 Å². The van der Waals surface area contributed by atoms with E-state index in [1.165, 1.54) is 19.3 Å². The zero-order valence-corrected chi connectivity index (χ0v) is 12.6. The summed E-state index contributed by atoms with van der Waals surface area (Å²) < 4.78 is 5.00. The van der Waals surface area contributed by atoms with Crippen molar-refractivity contribution in [2.24, 2.45) is 0 Å². The van der Waals surface area contributed by atoms with Gasteiger partial charge in [0, 0.05) is 12.0 Å². The van der Waals surface area contributed by atoms with Crippen molar-refractivity contribution in [2.75, 3.05) is 6.61 Å². The predicted octanol–water partition coefficient (Wildman–Crippen LogP) is 4.38. The Bertz CT molecular complexity index is 287. The smallest absolute Gasteiger partial charge is 0.333 e. The van der Waals surface area contributed by atoms with E-state index in [9.17, 15) is 9.59 Å². The Hall–Kier alpha value is -0.830. The lowest BCUT2D eigenvalue weighted by atomic mass is 10.1. The van der Waals surface area contributed by atoms with Crippen molar-refractivity contribution < 1.29 is 14.3 Å². The van der Waals surface area contributed by atoms with Gasteiger partial charge in [-0.25, -0.2) is 4.79 Å². The quantitative estimate of drug-likeness (QED) is 0.232. The minimum atomic E-state index is -0.297. The largest absolute Gasteiger partial charge is 0.462 e. The van der Waals surface area contributed by atoms with Crippen molar-refractivity contribution in [1.29, 1.82) is 0 Å². The Labute approximate surface area is 121 Å². The third-order valence-corrected chi connectivity index (χ3v) is 3.04. The summed E-state index contributed by atoms with van der Waals surface area (Å²) >= 11 is 5.25. The van der Waals surface area contributed by atoms with E-state index in [0.29, 0.717) is 18.6 Å². The Morgan fingerprint density at radius 2 is 1.42 bits per heavy atom. The van der Waals surface area contributed by atoms with E-state index < -0.39 is 0 Å². The number of halogens is 1. The molecule has 0 aromatic carbocycles. The van der Waals surface area contributed by atoms with Crippen LogP contribution in [0.2, 0.25) is 0 Å². The molecule has 0 amide bonds. The lowest BCUT2D eigenvalue weighted by Crippen LogP contribution is -2.05. The van der Waals surface area contributed by atoms with Gasteiger partial charge in [0.2, 0.25) is 5.24 Å². The predicted molar refractivity (Wildman–Crippen MR) is 78.2 cm³/mol. The second kappa shape index (κ2) is 12.2. The second-order valence-corrected chi connectivity index (χ2v) is 5.27. The standard InChI is InChI=1S/C15H25ClO3/c1-13(2)15(18)19-12-10-8-6-4-3-5-7-9-11-14(16)17/h1,3-12H2,2H3. The van der Waals surface area contributed by atoms with Crippen LogP contribution in [0.3, 0.4) is 0 Å². The van der Waals surface area contributed by atoms with Gasteiger partial charge in [-0.1, -0.05) is 45.1 Å². The first-order chi connectivity index (χ1) is 9.04. The maximum absolute atomic E-state index is 11.1. The molecule has 0 aliphatic carbocycles. The molecule has 3 nitrogen and oxygen atoms in total. The topological polar surface area (TPSA) is 43.4 Å². The molecule has 0 heterocycles.